The number of hydrogen-bond acceptors (Lipinski definition) is 5. The average molecular weight is 423 g/mol. The Morgan fingerprint density at radius 2 is 1.63 bits per heavy atom. The molecule has 9 heteroatoms. The van der Waals surface area contributed by atoms with Gasteiger partial charge in [0.15, 0.2) is 0 Å². The fraction of sp³-hybridized carbons (Fsp3) is 0.0952. The maximum absolute atomic E-state index is 13.0. The van der Waals surface area contributed by atoms with Gasteiger partial charge in [-0.1, -0.05) is 29.8 Å². The third kappa shape index (κ3) is 3.37. The molecule has 0 spiro atoms. The molecule has 1 unspecified atom stereocenters. The predicted octanol–water partition coefficient (Wildman–Crippen LogP) is 2.89. The summed E-state index contributed by atoms with van der Waals surface area (Å²) in [6, 6.07) is 13.9. The van der Waals surface area contributed by atoms with Gasteiger partial charge in [0, 0.05) is 5.02 Å². The summed E-state index contributed by atoms with van der Waals surface area (Å²) in [6.45, 7) is 1.63. The molecule has 8 nitrogen and oxygen atoms in total. The molecule has 2 heterocycles. The van der Waals surface area contributed by atoms with Crippen molar-refractivity contribution in [2.75, 3.05) is 9.91 Å². The van der Waals surface area contributed by atoms with E-state index in [9.17, 15) is 19.2 Å². The molecule has 2 aromatic rings. The Morgan fingerprint density at radius 3 is 2.30 bits per heavy atom. The van der Waals surface area contributed by atoms with Crippen molar-refractivity contribution in [1.82, 2.24) is 5.32 Å². The Morgan fingerprint density at radius 1 is 0.967 bits per heavy atom. The maximum Gasteiger partial charge on any atom is 0.335 e. The number of carbonyl (C=O) groups is 4. The smallest absolute Gasteiger partial charge is 0.273 e. The number of anilines is 2. The largest absolute Gasteiger partial charge is 0.335 e. The minimum absolute atomic E-state index is 0.245. The molecule has 2 aliphatic heterocycles. The molecule has 1 N–H and O–H groups in total. The Bertz CT molecular complexity index is 1130. The molecule has 1 saturated heterocycles. The number of hydrogen-bond donors (Lipinski definition) is 1. The van der Waals surface area contributed by atoms with Crippen LogP contribution in [0.25, 0.3) is 0 Å². The average Bonchev–Trinajstić information content (AvgIpc) is 3.01. The van der Waals surface area contributed by atoms with E-state index < -0.39 is 29.7 Å². The summed E-state index contributed by atoms with van der Waals surface area (Å²) in [5.41, 5.74) is 0.925. The SMILES string of the molecule is CC1=NN(c2ccccc2)C(=O)C1C=C1C(=O)NC(=O)N(c2ccc(Cl)cc2)C1=O. The van der Waals surface area contributed by atoms with Gasteiger partial charge in [-0.3, -0.25) is 19.7 Å². The van der Waals surface area contributed by atoms with Crippen LogP contribution in [0.3, 0.4) is 0 Å². The van der Waals surface area contributed by atoms with E-state index in [0.717, 1.165) is 4.90 Å². The minimum atomic E-state index is -0.907. The van der Waals surface area contributed by atoms with Crippen LogP contribution in [0.4, 0.5) is 16.2 Å². The normalized spacial score (nSPS) is 20.7. The lowest BCUT2D eigenvalue weighted by molar-refractivity contribution is -0.122. The molecule has 0 bridgehead atoms. The van der Waals surface area contributed by atoms with Gasteiger partial charge < -0.3 is 0 Å². The summed E-state index contributed by atoms with van der Waals surface area (Å²) in [5.74, 6) is -3.00. The molecule has 0 aromatic heterocycles. The summed E-state index contributed by atoms with van der Waals surface area (Å²) in [6.07, 6.45) is 1.25. The lowest BCUT2D eigenvalue weighted by atomic mass is 9.98. The van der Waals surface area contributed by atoms with Crippen molar-refractivity contribution < 1.29 is 19.2 Å². The number of nitrogens with one attached hydrogen (secondary N) is 1. The van der Waals surface area contributed by atoms with Crippen LogP contribution in [0.15, 0.2) is 71.3 Å². The number of rotatable bonds is 3. The molecule has 4 rings (SSSR count). The van der Waals surface area contributed by atoms with E-state index in [4.69, 9.17) is 11.6 Å². The molecule has 0 aliphatic carbocycles. The number of para-hydroxylation sites is 1. The number of benzene rings is 2. The highest BCUT2D eigenvalue weighted by molar-refractivity contribution is 6.38. The molecular weight excluding hydrogens is 408 g/mol. The quantitative estimate of drug-likeness (QED) is 0.607. The van der Waals surface area contributed by atoms with E-state index >= 15 is 0 Å². The highest BCUT2D eigenvalue weighted by Crippen LogP contribution is 2.27. The van der Waals surface area contributed by atoms with Crippen LogP contribution in [0.2, 0.25) is 5.02 Å². The Labute approximate surface area is 176 Å². The lowest BCUT2D eigenvalue weighted by Crippen LogP contribution is -2.54. The van der Waals surface area contributed by atoms with Gasteiger partial charge in [-0.05, 0) is 49.4 Å². The summed E-state index contributed by atoms with van der Waals surface area (Å²) in [5, 5.41) is 8.04. The highest BCUT2D eigenvalue weighted by Gasteiger charge is 2.40. The number of halogens is 1. The van der Waals surface area contributed by atoms with Gasteiger partial charge in [0.2, 0.25) is 0 Å². The first-order valence-electron chi connectivity index (χ1n) is 8.98. The Hall–Kier alpha value is -3.78. The van der Waals surface area contributed by atoms with Gasteiger partial charge in [-0.2, -0.15) is 10.1 Å². The van der Waals surface area contributed by atoms with Gasteiger partial charge in [-0.15, -0.1) is 0 Å². The van der Waals surface area contributed by atoms with E-state index in [2.05, 4.69) is 10.4 Å². The van der Waals surface area contributed by atoms with Gasteiger partial charge in [0.25, 0.3) is 17.7 Å². The minimum Gasteiger partial charge on any atom is -0.273 e. The van der Waals surface area contributed by atoms with Crippen LogP contribution in [0.1, 0.15) is 6.92 Å². The van der Waals surface area contributed by atoms with Crippen LogP contribution in [0, 0.1) is 5.92 Å². The lowest BCUT2D eigenvalue weighted by Gasteiger charge is -2.26. The second kappa shape index (κ2) is 7.57. The van der Waals surface area contributed by atoms with Crippen LogP contribution < -0.4 is 15.2 Å². The molecule has 2 aromatic carbocycles. The van der Waals surface area contributed by atoms with Gasteiger partial charge >= 0.3 is 6.03 Å². The zero-order valence-corrected chi connectivity index (χ0v) is 16.5. The van der Waals surface area contributed by atoms with Crippen LogP contribution >= 0.6 is 11.6 Å². The first-order valence-corrected chi connectivity index (χ1v) is 9.36. The highest BCUT2D eigenvalue weighted by atomic mass is 35.5. The third-order valence-electron chi connectivity index (χ3n) is 4.70. The van der Waals surface area contributed by atoms with Crippen molar-refractivity contribution in [2.24, 2.45) is 11.0 Å². The van der Waals surface area contributed by atoms with Gasteiger partial charge in [0.1, 0.15) is 5.57 Å². The second-order valence-corrected chi connectivity index (χ2v) is 7.10. The predicted molar refractivity (Wildman–Crippen MR) is 111 cm³/mol. The van der Waals surface area contributed by atoms with Crippen molar-refractivity contribution in [2.45, 2.75) is 6.92 Å². The molecule has 0 saturated carbocycles. The van der Waals surface area contributed by atoms with Gasteiger partial charge in [0.05, 0.1) is 23.0 Å². The molecule has 150 valence electrons. The summed E-state index contributed by atoms with van der Waals surface area (Å²) < 4.78 is 0. The number of urea groups is 1. The first-order chi connectivity index (χ1) is 14.4. The van der Waals surface area contributed by atoms with Crippen LogP contribution in [0.5, 0.6) is 0 Å². The topological polar surface area (TPSA) is 99.2 Å². The van der Waals surface area contributed by atoms with Crippen molar-refractivity contribution >= 4 is 52.4 Å². The van der Waals surface area contributed by atoms with Crippen molar-refractivity contribution in [3.05, 3.63) is 71.3 Å². The first kappa shape index (κ1) is 19.5. The van der Waals surface area contributed by atoms with Crippen LogP contribution in [-0.2, 0) is 14.4 Å². The summed E-state index contributed by atoms with van der Waals surface area (Å²) in [7, 11) is 0. The van der Waals surface area contributed by atoms with Crippen molar-refractivity contribution in [1.29, 1.82) is 0 Å². The summed E-state index contributed by atoms with van der Waals surface area (Å²) >= 11 is 5.86. The molecular formula is C21H15ClN4O4. The van der Waals surface area contributed by atoms with Gasteiger partial charge in [-0.25, -0.2) is 9.69 Å². The number of hydrazone groups is 1. The molecule has 1 atom stereocenters. The number of carbonyl (C=O) groups excluding carboxylic acids is 4. The zero-order valence-electron chi connectivity index (χ0n) is 15.7. The molecule has 30 heavy (non-hydrogen) atoms. The Balaban J connectivity index is 1.67. The van der Waals surface area contributed by atoms with Crippen molar-refractivity contribution in [3.8, 4) is 0 Å². The zero-order chi connectivity index (χ0) is 21.4. The number of barbiturate groups is 1. The number of imide groups is 2. The van der Waals surface area contributed by atoms with E-state index in [0.29, 0.717) is 16.4 Å². The standard InChI is InChI=1S/C21H15ClN4O4/c1-12-16(20(29)26(24-12)15-5-3-2-4-6-15)11-17-18(27)23-21(30)25(19(17)28)14-9-7-13(22)8-10-14/h2-11,16H,1H3,(H,23,27,30). The van der Waals surface area contributed by atoms with E-state index in [1.54, 1.807) is 31.2 Å². The fourth-order valence-electron chi connectivity index (χ4n) is 3.19. The van der Waals surface area contributed by atoms with Crippen LogP contribution in [-0.4, -0.2) is 29.5 Å². The van der Waals surface area contributed by atoms with E-state index in [1.807, 2.05) is 6.07 Å². The van der Waals surface area contributed by atoms with E-state index in [1.165, 1.54) is 35.4 Å². The number of nitrogens with zero attached hydrogens (tertiary/aromatic N) is 3. The fourth-order valence-corrected chi connectivity index (χ4v) is 3.32. The van der Waals surface area contributed by atoms with E-state index in [-0.39, 0.29) is 11.3 Å². The summed E-state index contributed by atoms with van der Waals surface area (Å²) in [4.78, 5) is 51.3. The monoisotopic (exact) mass is 422 g/mol. The van der Waals surface area contributed by atoms with Crippen molar-refractivity contribution in [3.63, 3.8) is 0 Å². The second-order valence-electron chi connectivity index (χ2n) is 6.66. The molecule has 5 amide bonds. The Kier molecular flexibility index (Phi) is 4.93. The maximum atomic E-state index is 13.0. The number of amides is 5. The third-order valence-corrected chi connectivity index (χ3v) is 4.96. The molecule has 0 radical (unpaired) electrons. The molecule has 2 aliphatic rings. The molecule has 1 fully saturated rings.